The standard InChI is InChI=1S/C20H17Cl2NO/c21-17-10-11-20(24-14-15-6-2-1-3-7-15)16(12-17)13-23-19-9-5-4-8-18(19)22/h1-12,23H,13-14H2. The van der Waals surface area contributed by atoms with Crippen LogP contribution in [0.25, 0.3) is 0 Å². The molecule has 0 unspecified atom stereocenters. The van der Waals surface area contributed by atoms with Crippen LogP contribution in [0.2, 0.25) is 10.0 Å². The smallest absolute Gasteiger partial charge is 0.124 e. The van der Waals surface area contributed by atoms with Crippen LogP contribution in [-0.2, 0) is 13.2 Å². The summed E-state index contributed by atoms with van der Waals surface area (Å²) in [5.74, 6) is 0.808. The Balaban J connectivity index is 1.72. The highest BCUT2D eigenvalue weighted by atomic mass is 35.5. The number of nitrogens with one attached hydrogen (secondary N) is 1. The molecular weight excluding hydrogens is 341 g/mol. The van der Waals surface area contributed by atoms with Crippen LogP contribution in [-0.4, -0.2) is 0 Å². The molecule has 0 heterocycles. The van der Waals surface area contributed by atoms with Crippen LogP contribution < -0.4 is 10.1 Å². The lowest BCUT2D eigenvalue weighted by Gasteiger charge is -2.14. The molecular formula is C20H17Cl2NO. The molecule has 0 bridgehead atoms. The van der Waals surface area contributed by atoms with Crippen LogP contribution in [0.4, 0.5) is 5.69 Å². The average molecular weight is 358 g/mol. The number of rotatable bonds is 6. The molecule has 3 aromatic rings. The number of halogens is 2. The van der Waals surface area contributed by atoms with Crippen molar-refractivity contribution in [2.75, 3.05) is 5.32 Å². The van der Waals surface area contributed by atoms with E-state index in [4.69, 9.17) is 27.9 Å². The first kappa shape index (κ1) is 16.7. The Morgan fingerprint density at radius 2 is 1.58 bits per heavy atom. The molecule has 0 aliphatic carbocycles. The molecule has 0 saturated heterocycles. The van der Waals surface area contributed by atoms with Crippen LogP contribution >= 0.6 is 23.2 Å². The first-order valence-corrected chi connectivity index (χ1v) is 8.41. The predicted molar refractivity (Wildman–Crippen MR) is 101 cm³/mol. The number of ether oxygens (including phenoxy) is 1. The van der Waals surface area contributed by atoms with E-state index in [1.165, 1.54) is 0 Å². The predicted octanol–water partition coefficient (Wildman–Crippen LogP) is 6.18. The van der Waals surface area contributed by atoms with Crippen LogP contribution in [0.5, 0.6) is 5.75 Å². The Morgan fingerprint density at radius 3 is 2.38 bits per heavy atom. The fourth-order valence-electron chi connectivity index (χ4n) is 2.36. The number of hydrogen-bond donors (Lipinski definition) is 1. The monoisotopic (exact) mass is 357 g/mol. The van der Waals surface area contributed by atoms with Crippen molar-refractivity contribution in [2.24, 2.45) is 0 Å². The molecule has 0 aliphatic rings. The number of anilines is 1. The van der Waals surface area contributed by atoms with Crippen LogP contribution in [0, 0.1) is 0 Å². The zero-order chi connectivity index (χ0) is 16.8. The lowest BCUT2D eigenvalue weighted by molar-refractivity contribution is 0.303. The first-order valence-electron chi connectivity index (χ1n) is 7.66. The Kier molecular flexibility index (Phi) is 5.63. The van der Waals surface area contributed by atoms with E-state index >= 15 is 0 Å². The van der Waals surface area contributed by atoms with Crippen molar-refractivity contribution in [1.29, 1.82) is 0 Å². The molecule has 2 nitrogen and oxygen atoms in total. The quantitative estimate of drug-likeness (QED) is 0.568. The second-order valence-corrected chi connectivity index (χ2v) is 6.20. The lowest BCUT2D eigenvalue weighted by Crippen LogP contribution is -2.04. The highest BCUT2D eigenvalue weighted by Gasteiger charge is 2.07. The summed E-state index contributed by atoms with van der Waals surface area (Å²) in [6, 6.07) is 23.4. The van der Waals surface area contributed by atoms with Gasteiger partial charge in [0.25, 0.3) is 0 Å². The van der Waals surface area contributed by atoms with E-state index in [1.807, 2.05) is 72.8 Å². The van der Waals surface area contributed by atoms with E-state index in [1.54, 1.807) is 0 Å². The third-order valence-electron chi connectivity index (χ3n) is 3.60. The second kappa shape index (κ2) is 8.09. The third-order valence-corrected chi connectivity index (χ3v) is 4.17. The second-order valence-electron chi connectivity index (χ2n) is 5.36. The largest absolute Gasteiger partial charge is 0.489 e. The van der Waals surface area contributed by atoms with Crippen molar-refractivity contribution in [2.45, 2.75) is 13.2 Å². The summed E-state index contributed by atoms with van der Waals surface area (Å²) < 4.78 is 5.97. The Bertz CT molecular complexity index is 806. The van der Waals surface area contributed by atoms with Crippen molar-refractivity contribution in [1.82, 2.24) is 0 Å². The maximum atomic E-state index is 6.18. The number of para-hydroxylation sites is 1. The maximum Gasteiger partial charge on any atom is 0.124 e. The Morgan fingerprint density at radius 1 is 0.833 bits per heavy atom. The number of benzene rings is 3. The molecule has 3 aromatic carbocycles. The van der Waals surface area contributed by atoms with Gasteiger partial charge in [-0.15, -0.1) is 0 Å². The first-order chi connectivity index (χ1) is 11.7. The maximum absolute atomic E-state index is 6.18. The van der Waals surface area contributed by atoms with Gasteiger partial charge in [0.1, 0.15) is 12.4 Å². The van der Waals surface area contributed by atoms with Gasteiger partial charge >= 0.3 is 0 Å². The Hall–Kier alpha value is -2.16. The SMILES string of the molecule is Clc1ccc(OCc2ccccc2)c(CNc2ccccc2Cl)c1. The van der Waals surface area contributed by atoms with Crippen molar-refractivity contribution in [3.8, 4) is 5.75 Å². The van der Waals surface area contributed by atoms with Gasteiger partial charge in [-0.05, 0) is 35.9 Å². The third kappa shape index (κ3) is 4.44. The van der Waals surface area contributed by atoms with Crippen molar-refractivity contribution < 1.29 is 4.74 Å². The van der Waals surface area contributed by atoms with Crippen molar-refractivity contribution in [3.05, 3.63) is 94.0 Å². The summed E-state index contributed by atoms with van der Waals surface area (Å²) in [5.41, 5.74) is 2.99. The molecule has 0 saturated carbocycles. The minimum Gasteiger partial charge on any atom is -0.489 e. The van der Waals surface area contributed by atoms with Crippen LogP contribution in [0.3, 0.4) is 0 Å². The minimum atomic E-state index is 0.515. The van der Waals surface area contributed by atoms with Gasteiger partial charge in [-0.3, -0.25) is 0 Å². The van der Waals surface area contributed by atoms with Crippen molar-refractivity contribution in [3.63, 3.8) is 0 Å². The summed E-state index contributed by atoms with van der Waals surface area (Å²) in [6.45, 7) is 1.09. The van der Waals surface area contributed by atoms with Crippen LogP contribution in [0.1, 0.15) is 11.1 Å². The summed E-state index contributed by atoms with van der Waals surface area (Å²) in [6.07, 6.45) is 0. The van der Waals surface area contributed by atoms with Gasteiger partial charge in [-0.1, -0.05) is 65.7 Å². The molecule has 0 amide bonds. The molecule has 4 heteroatoms. The summed E-state index contributed by atoms with van der Waals surface area (Å²) in [4.78, 5) is 0. The zero-order valence-electron chi connectivity index (χ0n) is 13.0. The topological polar surface area (TPSA) is 21.3 Å². The zero-order valence-corrected chi connectivity index (χ0v) is 14.5. The van der Waals surface area contributed by atoms with Gasteiger partial charge in [0.05, 0.1) is 10.7 Å². The lowest BCUT2D eigenvalue weighted by atomic mass is 10.2. The van der Waals surface area contributed by atoms with E-state index in [2.05, 4.69) is 5.32 Å². The van der Waals surface area contributed by atoms with Gasteiger partial charge in [0.15, 0.2) is 0 Å². The van der Waals surface area contributed by atoms with Gasteiger partial charge < -0.3 is 10.1 Å². The summed E-state index contributed by atoms with van der Waals surface area (Å²) in [7, 11) is 0. The number of hydrogen-bond acceptors (Lipinski definition) is 2. The van der Waals surface area contributed by atoms with E-state index < -0.39 is 0 Å². The normalized spacial score (nSPS) is 10.4. The molecule has 0 radical (unpaired) electrons. The van der Waals surface area contributed by atoms with Gasteiger partial charge in [-0.2, -0.15) is 0 Å². The van der Waals surface area contributed by atoms with Gasteiger partial charge in [-0.25, -0.2) is 0 Å². The average Bonchev–Trinajstić information content (AvgIpc) is 2.61. The molecule has 3 rings (SSSR count). The minimum absolute atomic E-state index is 0.515. The fourth-order valence-corrected chi connectivity index (χ4v) is 2.75. The van der Waals surface area contributed by atoms with Crippen LogP contribution in [0.15, 0.2) is 72.8 Å². The van der Waals surface area contributed by atoms with Crippen molar-refractivity contribution >= 4 is 28.9 Å². The molecule has 0 fully saturated rings. The highest BCUT2D eigenvalue weighted by Crippen LogP contribution is 2.27. The van der Waals surface area contributed by atoms with E-state index in [0.717, 1.165) is 22.6 Å². The molecule has 0 atom stereocenters. The summed E-state index contributed by atoms with van der Waals surface area (Å²) in [5, 5.41) is 4.69. The van der Waals surface area contributed by atoms with E-state index in [9.17, 15) is 0 Å². The molecule has 0 aromatic heterocycles. The van der Waals surface area contributed by atoms with E-state index in [-0.39, 0.29) is 0 Å². The molecule has 1 N–H and O–H groups in total. The summed E-state index contributed by atoms with van der Waals surface area (Å²) >= 11 is 12.3. The molecule has 24 heavy (non-hydrogen) atoms. The van der Waals surface area contributed by atoms with E-state index in [0.29, 0.717) is 23.2 Å². The Labute approximate surface area is 152 Å². The van der Waals surface area contributed by atoms with Gasteiger partial charge in [0, 0.05) is 17.1 Å². The molecule has 0 aliphatic heterocycles. The fraction of sp³-hybridized carbons (Fsp3) is 0.100. The molecule has 122 valence electrons. The van der Waals surface area contributed by atoms with Gasteiger partial charge in [0.2, 0.25) is 0 Å². The molecule has 0 spiro atoms. The highest BCUT2D eigenvalue weighted by molar-refractivity contribution is 6.33.